The monoisotopic (exact) mass is 192 g/mol. The zero-order valence-electron chi connectivity index (χ0n) is 8.14. The molecule has 0 fully saturated rings. The van der Waals surface area contributed by atoms with Gasteiger partial charge >= 0.3 is 5.97 Å². The van der Waals surface area contributed by atoms with Gasteiger partial charge in [-0.1, -0.05) is 0 Å². The standard InChI is InChI=1S/C10H12N2O2/c1-7(10(13)14)8(2)12-5-3-4-9(12)6-11/h3-5,7-8H,1-2H3,(H,13,14). The molecule has 1 aromatic heterocycles. The molecule has 1 heterocycles. The van der Waals surface area contributed by atoms with Crippen molar-refractivity contribution >= 4 is 5.97 Å². The average Bonchev–Trinajstić information content (AvgIpc) is 2.62. The van der Waals surface area contributed by atoms with E-state index in [0.717, 1.165) is 0 Å². The summed E-state index contributed by atoms with van der Waals surface area (Å²) < 4.78 is 1.68. The molecular weight excluding hydrogens is 180 g/mol. The Morgan fingerprint density at radius 2 is 2.29 bits per heavy atom. The van der Waals surface area contributed by atoms with Crippen LogP contribution < -0.4 is 0 Å². The molecule has 0 saturated carbocycles. The number of hydrogen-bond donors (Lipinski definition) is 1. The maximum atomic E-state index is 10.7. The normalized spacial score (nSPS) is 14.4. The summed E-state index contributed by atoms with van der Waals surface area (Å²) >= 11 is 0. The van der Waals surface area contributed by atoms with Crippen molar-refractivity contribution in [3.05, 3.63) is 24.0 Å². The van der Waals surface area contributed by atoms with E-state index in [0.29, 0.717) is 5.69 Å². The van der Waals surface area contributed by atoms with Crippen molar-refractivity contribution in [3.8, 4) is 6.07 Å². The molecule has 0 amide bonds. The van der Waals surface area contributed by atoms with Crippen LogP contribution in [0.25, 0.3) is 0 Å². The molecule has 74 valence electrons. The van der Waals surface area contributed by atoms with Crippen LogP contribution in [0, 0.1) is 17.2 Å². The van der Waals surface area contributed by atoms with E-state index in [9.17, 15) is 4.79 Å². The average molecular weight is 192 g/mol. The second-order valence-corrected chi connectivity index (χ2v) is 3.28. The maximum absolute atomic E-state index is 10.7. The van der Waals surface area contributed by atoms with E-state index in [1.165, 1.54) is 0 Å². The first-order valence-electron chi connectivity index (χ1n) is 4.37. The number of rotatable bonds is 3. The second kappa shape index (κ2) is 3.97. The van der Waals surface area contributed by atoms with Gasteiger partial charge in [-0.25, -0.2) is 0 Å². The Morgan fingerprint density at radius 1 is 1.64 bits per heavy atom. The van der Waals surface area contributed by atoms with E-state index < -0.39 is 11.9 Å². The minimum Gasteiger partial charge on any atom is -0.481 e. The van der Waals surface area contributed by atoms with Gasteiger partial charge in [0.05, 0.1) is 5.92 Å². The van der Waals surface area contributed by atoms with Crippen molar-refractivity contribution in [2.75, 3.05) is 0 Å². The molecule has 0 aromatic carbocycles. The van der Waals surface area contributed by atoms with Crippen molar-refractivity contribution in [1.82, 2.24) is 4.57 Å². The molecule has 0 saturated heterocycles. The first-order chi connectivity index (χ1) is 6.57. The molecule has 1 rings (SSSR count). The number of carbonyl (C=O) groups is 1. The van der Waals surface area contributed by atoms with E-state index >= 15 is 0 Å². The van der Waals surface area contributed by atoms with Crippen LogP contribution in [0.15, 0.2) is 18.3 Å². The quantitative estimate of drug-likeness (QED) is 0.791. The topological polar surface area (TPSA) is 66.0 Å². The van der Waals surface area contributed by atoms with Gasteiger partial charge in [-0.05, 0) is 26.0 Å². The molecule has 4 nitrogen and oxygen atoms in total. The molecular formula is C10H12N2O2. The van der Waals surface area contributed by atoms with Crippen LogP contribution in [0.4, 0.5) is 0 Å². The van der Waals surface area contributed by atoms with Crippen LogP contribution in [0.1, 0.15) is 25.6 Å². The number of nitriles is 1. The summed E-state index contributed by atoms with van der Waals surface area (Å²) in [5, 5.41) is 17.6. The van der Waals surface area contributed by atoms with E-state index in [-0.39, 0.29) is 6.04 Å². The fourth-order valence-corrected chi connectivity index (χ4v) is 1.29. The lowest BCUT2D eigenvalue weighted by atomic mass is 10.0. The maximum Gasteiger partial charge on any atom is 0.308 e. The molecule has 0 aliphatic carbocycles. The highest BCUT2D eigenvalue weighted by atomic mass is 16.4. The largest absolute Gasteiger partial charge is 0.481 e. The second-order valence-electron chi connectivity index (χ2n) is 3.28. The van der Waals surface area contributed by atoms with Gasteiger partial charge in [-0.3, -0.25) is 4.79 Å². The van der Waals surface area contributed by atoms with Gasteiger partial charge in [0.25, 0.3) is 0 Å². The van der Waals surface area contributed by atoms with Crippen LogP contribution >= 0.6 is 0 Å². The summed E-state index contributed by atoms with van der Waals surface area (Å²) in [7, 11) is 0. The van der Waals surface area contributed by atoms with E-state index in [4.69, 9.17) is 10.4 Å². The minimum atomic E-state index is -0.852. The van der Waals surface area contributed by atoms with Gasteiger partial charge in [0, 0.05) is 12.2 Å². The fourth-order valence-electron chi connectivity index (χ4n) is 1.29. The molecule has 0 aliphatic rings. The predicted molar refractivity (Wildman–Crippen MR) is 50.7 cm³/mol. The number of carboxylic acid groups (broad SMARTS) is 1. The summed E-state index contributed by atoms with van der Waals surface area (Å²) in [5.41, 5.74) is 0.491. The third kappa shape index (κ3) is 1.77. The summed E-state index contributed by atoms with van der Waals surface area (Å²) in [4.78, 5) is 10.7. The first kappa shape index (κ1) is 10.3. The van der Waals surface area contributed by atoms with Crippen LogP contribution in [0.3, 0.4) is 0 Å². The number of nitrogens with zero attached hydrogens (tertiary/aromatic N) is 2. The Morgan fingerprint density at radius 3 is 2.79 bits per heavy atom. The van der Waals surface area contributed by atoms with Crippen molar-refractivity contribution < 1.29 is 9.90 Å². The third-order valence-electron chi connectivity index (χ3n) is 2.45. The molecule has 0 aliphatic heterocycles. The summed E-state index contributed by atoms with van der Waals surface area (Å²) in [6, 6.07) is 5.22. The van der Waals surface area contributed by atoms with Gasteiger partial charge in [-0.2, -0.15) is 5.26 Å². The Balaban J connectivity index is 2.95. The lowest BCUT2D eigenvalue weighted by molar-refractivity contribution is -0.142. The van der Waals surface area contributed by atoms with Crippen LogP contribution in [0.5, 0.6) is 0 Å². The molecule has 14 heavy (non-hydrogen) atoms. The third-order valence-corrected chi connectivity index (χ3v) is 2.45. The van der Waals surface area contributed by atoms with E-state index in [2.05, 4.69) is 0 Å². The molecule has 2 atom stereocenters. The van der Waals surface area contributed by atoms with Crippen molar-refractivity contribution in [2.24, 2.45) is 5.92 Å². The number of aliphatic carboxylic acids is 1. The molecule has 2 unspecified atom stereocenters. The van der Waals surface area contributed by atoms with Crippen molar-refractivity contribution in [2.45, 2.75) is 19.9 Å². The Labute approximate surface area is 82.4 Å². The lowest BCUT2D eigenvalue weighted by Gasteiger charge is -2.18. The Hall–Kier alpha value is -1.76. The molecule has 1 aromatic rings. The van der Waals surface area contributed by atoms with Crippen LogP contribution in [-0.2, 0) is 4.79 Å². The highest BCUT2D eigenvalue weighted by molar-refractivity contribution is 5.70. The van der Waals surface area contributed by atoms with Crippen molar-refractivity contribution in [1.29, 1.82) is 5.26 Å². The van der Waals surface area contributed by atoms with E-state index in [1.807, 2.05) is 6.07 Å². The zero-order chi connectivity index (χ0) is 10.7. The summed E-state index contributed by atoms with van der Waals surface area (Å²) in [6.07, 6.45) is 1.72. The SMILES string of the molecule is CC(C(=O)O)C(C)n1cccc1C#N. The van der Waals surface area contributed by atoms with Crippen LogP contribution in [-0.4, -0.2) is 15.6 Å². The van der Waals surface area contributed by atoms with Gasteiger partial charge in [0.1, 0.15) is 11.8 Å². The molecule has 0 bridgehead atoms. The smallest absolute Gasteiger partial charge is 0.308 e. The molecule has 1 N–H and O–H groups in total. The van der Waals surface area contributed by atoms with Crippen molar-refractivity contribution in [3.63, 3.8) is 0 Å². The molecule has 0 spiro atoms. The molecule has 0 radical (unpaired) electrons. The number of aromatic nitrogens is 1. The highest BCUT2D eigenvalue weighted by Gasteiger charge is 2.21. The number of carboxylic acids is 1. The van der Waals surface area contributed by atoms with Gasteiger partial charge in [-0.15, -0.1) is 0 Å². The number of hydrogen-bond acceptors (Lipinski definition) is 2. The first-order valence-corrected chi connectivity index (χ1v) is 4.37. The summed E-state index contributed by atoms with van der Waals surface area (Å²) in [5.74, 6) is -1.36. The molecule has 4 heteroatoms. The van der Waals surface area contributed by atoms with Crippen LogP contribution in [0.2, 0.25) is 0 Å². The van der Waals surface area contributed by atoms with Gasteiger partial charge < -0.3 is 9.67 Å². The Bertz CT molecular complexity index is 376. The Kier molecular flexibility index (Phi) is 2.92. The zero-order valence-corrected chi connectivity index (χ0v) is 8.14. The fraction of sp³-hybridized carbons (Fsp3) is 0.400. The highest BCUT2D eigenvalue weighted by Crippen LogP contribution is 2.19. The summed E-state index contributed by atoms with van der Waals surface area (Å²) in [6.45, 7) is 3.42. The van der Waals surface area contributed by atoms with Gasteiger partial charge in [0.15, 0.2) is 0 Å². The van der Waals surface area contributed by atoms with Gasteiger partial charge in [0.2, 0.25) is 0 Å². The predicted octanol–water partition coefficient (Wildman–Crippen LogP) is 1.64. The lowest BCUT2D eigenvalue weighted by Crippen LogP contribution is -2.21. The van der Waals surface area contributed by atoms with E-state index in [1.54, 1.807) is 36.7 Å². The minimum absolute atomic E-state index is 0.211.